The zero-order valence-electron chi connectivity index (χ0n) is 21.6. The molecule has 0 saturated heterocycles. The molecule has 0 saturated carbocycles. The second kappa shape index (κ2) is 9.91. The first kappa shape index (κ1) is 24.1. The molecule has 7 heteroatoms. The zero-order chi connectivity index (χ0) is 26.2. The largest absolute Gasteiger partial charge is 0.322 e. The maximum atomic E-state index is 14.1. The van der Waals surface area contributed by atoms with Crippen LogP contribution in [0.3, 0.4) is 0 Å². The minimum Gasteiger partial charge on any atom is -0.308 e. The molecule has 5 aromatic rings. The van der Waals surface area contributed by atoms with E-state index in [1.165, 1.54) is 4.90 Å². The molecule has 6 nitrogen and oxygen atoms in total. The summed E-state index contributed by atoms with van der Waals surface area (Å²) in [5.41, 5.74) is 6.81. The van der Waals surface area contributed by atoms with Crippen molar-refractivity contribution in [2.24, 2.45) is 0 Å². The average molecular weight is 520 g/mol. The van der Waals surface area contributed by atoms with Gasteiger partial charge >= 0.3 is 6.03 Å². The van der Waals surface area contributed by atoms with E-state index in [1.54, 1.807) is 11.8 Å². The van der Waals surface area contributed by atoms with E-state index in [-0.39, 0.29) is 12.1 Å². The van der Waals surface area contributed by atoms with Crippen molar-refractivity contribution < 1.29 is 4.79 Å². The van der Waals surface area contributed by atoms with Gasteiger partial charge in [0.2, 0.25) is 0 Å². The molecular weight excluding hydrogens is 490 g/mol. The number of benzene rings is 3. The molecule has 0 radical (unpaired) electrons. The summed E-state index contributed by atoms with van der Waals surface area (Å²) in [6.07, 6.45) is 4.14. The molecule has 0 spiro atoms. The van der Waals surface area contributed by atoms with E-state index in [9.17, 15) is 4.79 Å². The van der Waals surface area contributed by atoms with Gasteiger partial charge in [-0.05, 0) is 73.7 Å². The summed E-state index contributed by atoms with van der Waals surface area (Å²) in [7, 11) is 0. The number of para-hydroxylation sites is 2. The first-order chi connectivity index (χ1) is 18.5. The van der Waals surface area contributed by atoms with E-state index in [0.717, 1.165) is 45.3 Å². The van der Waals surface area contributed by atoms with E-state index in [4.69, 9.17) is 5.10 Å². The normalized spacial score (nSPS) is 14.5. The Morgan fingerprint density at radius 1 is 0.921 bits per heavy atom. The van der Waals surface area contributed by atoms with Gasteiger partial charge < -0.3 is 14.8 Å². The highest BCUT2D eigenvalue weighted by atomic mass is 32.2. The van der Waals surface area contributed by atoms with Crippen molar-refractivity contribution in [3.63, 3.8) is 0 Å². The van der Waals surface area contributed by atoms with Crippen LogP contribution in [-0.2, 0) is 6.54 Å². The van der Waals surface area contributed by atoms with Crippen LogP contribution in [0.1, 0.15) is 34.1 Å². The zero-order valence-corrected chi connectivity index (χ0v) is 22.4. The number of aromatic nitrogens is 3. The van der Waals surface area contributed by atoms with E-state index in [1.807, 2.05) is 72.0 Å². The van der Waals surface area contributed by atoms with E-state index in [2.05, 4.69) is 64.8 Å². The van der Waals surface area contributed by atoms with Crippen LogP contribution in [0, 0.1) is 13.8 Å². The van der Waals surface area contributed by atoms with Gasteiger partial charge in [0.1, 0.15) is 5.82 Å². The van der Waals surface area contributed by atoms with Crippen molar-refractivity contribution in [3.8, 4) is 11.5 Å². The second-order valence-electron chi connectivity index (χ2n) is 9.49. The van der Waals surface area contributed by atoms with Gasteiger partial charge in [0, 0.05) is 22.3 Å². The molecule has 3 aromatic carbocycles. The monoisotopic (exact) mass is 519 g/mol. The summed E-state index contributed by atoms with van der Waals surface area (Å²) >= 11 is 1.71. The number of thioether (sulfide) groups is 1. The number of amides is 2. The fourth-order valence-corrected chi connectivity index (χ4v) is 5.59. The minimum atomic E-state index is -0.291. The van der Waals surface area contributed by atoms with Crippen LogP contribution in [0.25, 0.3) is 11.5 Å². The molecule has 1 N–H and O–H groups in total. The molecule has 1 aliphatic heterocycles. The lowest BCUT2D eigenvalue weighted by Crippen LogP contribution is -2.38. The predicted molar refractivity (Wildman–Crippen MR) is 153 cm³/mol. The average Bonchev–Trinajstić information content (AvgIpc) is 3.51. The number of anilines is 1. The quantitative estimate of drug-likeness (QED) is 0.257. The first-order valence-corrected chi connectivity index (χ1v) is 13.9. The fraction of sp³-hybridized carbons (Fsp3) is 0.161. The molecule has 3 heterocycles. The lowest BCUT2D eigenvalue weighted by Gasteiger charge is -2.31. The third-order valence-corrected chi connectivity index (χ3v) is 7.91. The Labute approximate surface area is 226 Å². The Hall–Kier alpha value is -4.23. The summed E-state index contributed by atoms with van der Waals surface area (Å²) in [5.74, 6) is 0.964. The number of aryl methyl sites for hydroxylation is 2. The molecular formula is C31H29N5OS. The first-order valence-electron chi connectivity index (χ1n) is 12.6. The number of carbonyl (C=O) groups is 1. The molecule has 190 valence electrons. The molecule has 1 unspecified atom stereocenters. The van der Waals surface area contributed by atoms with Crippen LogP contribution in [0.15, 0.2) is 102 Å². The van der Waals surface area contributed by atoms with Crippen molar-refractivity contribution in [1.29, 1.82) is 0 Å². The molecule has 0 aliphatic carbocycles. The maximum absolute atomic E-state index is 14.1. The Balaban J connectivity index is 1.53. The number of nitrogens with one attached hydrogen (secondary N) is 1. The highest BCUT2D eigenvalue weighted by molar-refractivity contribution is 7.98. The molecule has 1 atom stereocenters. The van der Waals surface area contributed by atoms with Crippen LogP contribution >= 0.6 is 11.8 Å². The van der Waals surface area contributed by atoms with Crippen LogP contribution in [0.2, 0.25) is 0 Å². The van der Waals surface area contributed by atoms with Crippen molar-refractivity contribution in [3.05, 3.63) is 125 Å². The van der Waals surface area contributed by atoms with Gasteiger partial charge in [0.25, 0.3) is 0 Å². The number of hydrogen-bond acceptors (Lipinski definition) is 3. The highest BCUT2D eigenvalue weighted by Crippen LogP contribution is 2.39. The van der Waals surface area contributed by atoms with Gasteiger partial charge in [-0.1, -0.05) is 48.5 Å². The van der Waals surface area contributed by atoms with Gasteiger partial charge in [-0.15, -0.1) is 11.8 Å². The minimum absolute atomic E-state index is 0.147. The van der Waals surface area contributed by atoms with E-state index < -0.39 is 0 Å². The van der Waals surface area contributed by atoms with Crippen molar-refractivity contribution in [2.75, 3.05) is 11.6 Å². The van der Waals surface area contributed by atoms with Gasteiger partial charge in [-0.2, -0.15) is 5.10 Å². The summed E-state index contributed by atoms with van der Waals surface area (Å²) in [6.45, 7) is 4.45. The standard InChI is InChI=1S/C31H29N5OS/c1-21-10-7-8-13-27(21)32-31(37)35-20-26-22(2)33-36(24-11-5-4-6-12-24)30(26)34-19-9-14-28(34)29(35)23-15-17-25(38-3)18-16-23/h4-19,29H,20H2,1-3H3,(H,32,37). The molecule has 2 aromatic heterocycles. The lowest BCUT2D eigenvalue weighted by atomic mass is 10.0. The van der Waals surface area contributed by atoms with Crippen molar-refractivity contribution in [1.82, 2.24) is 19.2 Å². The SMILES string of the molecule is CSc1ccc(C2c3cccn3-c3c(c(C)nn3-c3ccccc3)CN2C(=O)Nc2ccccc2C)cc1. The summed E-state index contributed by atoms with van der Waals surface area (Å²) in [6, 6.07) is 30.3. The van der Waals surface area contributed by atoms with Crippen LogP contribution < -0.4 is 5.32 Å². The summed E-state index contributed by atoms with van der Waals surface area (Å²) < 4.78 is 4.18. The van der Waals surface area contributed by atoms with Crippen LogP contribution in [-0.4, -0.2) is 31.5 Å². The Morgan fingerprint density at radius 2 is 1.66 bits per heavy atom. The van der Waals surface area contributed by atoms with Gasteiger partial charge in [0.15, 0.2) is 0 Å². The number of fused-ring (bicyclic) bond motifs is 3. The highest BCUT2D eigenvalue weighted by Gasteiger charge is 2.36. The molecule has 38 heavy (non-hydrogen) atoms. The second-order valence-corrected chi connectivity index (χ2v) is 10.4. The molecule has 1 aliphatic rings. The smallest absolute Gasteiger partial charge is 0.308 e. The number of rotatable bonds is 4. The molecule has 0 fully saturated rings. The van der Waals surface area contributed by atoms with Crippen molar-refractivity contribution >= 4 is 23.5 Å². The number of nitrogens with zero attached hydrogens (tertiary/aromatic N) is 4. The number of hydrogen-bond donors (Lipinski definition) is 1. The molecule has 2 amide bonds. The van der Waals surface area contributed by atoms with E-state index in [0.29, 0.717) is 6.54 Å². The number of carbonyl (C=O) groups excluding carboxylic acids is 1. The third-order valence-electron chi connectivity index (χ3n) is 7.17. The van der Waals surface area contributed by atoms with Gasteiger partial charge in [0.05, 0.1) is 29.7 Å². The van der Waals surface area contributed by atoms with Gasteiger partial charge in [-0.25, -0.2) is 9.48 Å². The van der Waals surface area contributed by atoms with Crippen molar-refractivity contribution in [2.45, 2.75) is 31.3 Å². The Kier molecular flexibility index (Phi) is 6.29. The summed E-state index contributed by atoms with van der Waals surface area (Å²) in [4.78, 5) is 17.2. The third kappa shape index (κ3) is 4.19. The molecule has 6 rings (SSSR count). The lowest BCUT2D eigenvalue weighted by molar-refractivity contribution is 0.194. The number of urea groups is 1. The molecule has 0 bridgehead atoms. The Morgan fingerprint density at radius 3 is 2.39 bits per heavy atom. The van der Waals surface area contributed by atoms with Gasteiger partial charge in [-0.3, -0.25) is 0 Å². The Bertz CT molecular complexity index is 1600. The maximum Gasteiger partial charge on any atom is 0.322 e. The van der Waals surface area contributed by atoms with Crippen LogP contribution in [0.5, 0.6) is 0 Å². The summed E-state index contributed by atoms with van der Waals surface area (Å²) in [5, 5.41) is 8.12. The van der Waals surface area contributed by atoms with E-state index >= 15 is 0 Å². The predicted octanol–water partition coefficient (Wildman–Crippen LogP) is 7.14. The topological polar surface area (TPSA) is 55.1 Å². The van der Waals surface area contributed by atoms with Crippen LogP contribution in [0.4, 0.5) is 10.5 Å². The fourth-order valence-electron chi connectivity index (χ4n) is 5.19.